The first-order valence-corrected chi connectivity index (χ1v) is 5.97. The van der Waals surface area contributed by atoms with Crippen molar-refractivity contribution in [2.75, 3.05) is 44.5 Å². The van der Waals surface area contributed by atoms with E-state index >= 15 is 0 Å². The summed E-state index contributed by atoms with van der Waals surface area (Å²) in [7, 11) is 3.13. The van der Waals surface area contributed by atoms with Gasteiger partial charge in [-0.3, -0.25) is 14.9 Å². The molecule has 0 atom stereocenters. The number of nitrogens with two attached hydrogens (primary N) is 1. The van der Waals surface area contributed by atoms with Crippen LogP contribution in [-0.4, -0.2) is 44.7 Å². The lowest BCUT2D eigenvalue weighted by Gasteiger charge is -2.19. The lowest BCUT2D eigenvalue weighted by atomic mass is 10.2. The van der Waals surface area contributed by atoms with Crippen LogP contribution in [0.15, 0.2) is 18.2 Å². The Kier molecular flexibility index (Phi) is 5.73. The van der Waals surface area contributed by atoms with Crippen LogP contribution in [0.1, 0.15) is 0 Å². The molecule has 0 unspecified atom stereocenters. The molecule has 0 saturated heterocycles. The molecule has 0 saturated carbocycles. The highest BCUT2D eigenvalue weighted by Crippen LogP contribution is 2.32. The summed E-state index contributed by atoms with van der Waals surface area (Å²) < 4.78 is 4.81. The number of likely N-dealkylation sites (N-methyl/N-ethyl adjacent to an activating group) is 1. The zero-order valence-corrected chi connectivity index (χ0v) is 11.5. The number of carbonyl (C=O) groups is 1. The summed E-state index contributed by atoms with van der Waals surface area (Å²) in [5, 5.41) is 13.7. The van der Waals surface area contributed by atoms with Crippen LogP contribution in [0.3, 0.4) is 0 Å². The van der Waals surface area contributed by atoms with Gasteiger partial charge >= 0.3 is 5.69 Å². The second kappa shape index (κ2) is 7.29. The zero-order chi connectivity index (χ0) is 15.1. The van der Waals surface area contributed by atoms with Crippen LogP contribution in [0.25, 0.3) is 0 Å². The van der Waals surface area contributed by atoms with E-state index in [0.717, 1.165) is 0 Å². The van der Waals surface area contributed by atoms with Crippen molar-refractivity contribution < 1.29 is 14.5 Å². The van der Waals surface area contributed by atoms with Crippen LogP contribution in [0, 0.1) is 10.1 Å². The van der Waals surface area contributed by atoms with Gasteiger partial charge in [0.25, 0.3) is 0 Å². The van der Waals surface area contributed by atoms with Crippen molar-refractivity contribution in [1.29, 1.82) is 0 Å². The molecule has 0 aliphatic rings. The van der Waals surface area contributed by atoms with Crippen molar-refractivity contribution in [3.63, 3.8) is 0 Å². The summed E-state index contributed by atoms with van der Waals surface area (Å²) in [6.45, 7) is 0.796. The molecule has 8 heteroatoms. The van der Waals surface area contributed by atoms with Crippen LogP contribution >= 0.6 is 0 Å². The predicted molar refractivity (Wildman–Crippen MR) is 75.7 cm³/mol. The minimum absolute atomic E-state index is 0.00594. The molecule has 3 N–H and O–H groups in total. The van der Waals surface area contributed by atoms with Gasteiger partial charge in [-0.25, -0.2) is 0 Å². The van der Waals surface area contributed by atoms with Crippen molar-refractivity contribution in [3.8, 4) is 0 Å². The Morgan fingerprint density at radius 1 is 1.55 bits per heavy atom. The van der Waals surface area contributed by atoms with Crippen LogP contribution in [0.5, 0.6) is 0 Å². The van der Waals surface area contributed by atoms with Crippen molar-refractivity contribution in [2.45, 2.75) is 0 Å². The van der Waals surface area contributed by atoms with E-state index in [1.807, 2.05) is 0 Å². The summed E-state index contributed by atoms with van der Waals surface area (Å²) in [6, 6.07) is 4.61. The molecule has 0 heterocycles. The fraction of sp³-hybridized carbons (Fsp3) is 0.417. The number of amides is 1. The monoisotopic (exact) mass is 282 g/mol. The van der Waals surface area contributed by atoms with Gasteiger partial charge in [-0.2, -0.15) is 0 Å². The third kappa shape index (κ3) is 4.09. The second-order valence-corrected chi connectivity index (χ2v) is 4.17. The van der Waals surface area contributed by atoms with Crippen molar-refractivity contribution in [2.24, 2.45) is 0 Å². The standard InChI is InChI=1S/C12H18N4O4/c1-15(8-11(17)14-6-7-20-2)10-5-3-4-9(13)12(10)16(18)19/h3-5H,6-8,13H2,1-2H3,(H,14,17). The molecule has 0 aliphatic carbocycles. The number of para-hydroxylation sites is 1. The third-order valence-electron chi connectivity index (χ3n) is 2.65. The van der Waals surface area contributed by atoms with E-state index in [0.29, 0.717) is 18.8 Å². The van der Waals surface area contributed by atoms with Crippen molar-refractivity contribution in [3.05, 3.63) is 28.3 Å². The topological polar surface area (TPSA) is 111 Å². The number of anilines is 2. The molecule has 1 rings (SSSR count). The van der Waals surface area contributed by atoms with Gasteiger partial charge in [-0.15, -0.1) is 0 Å². The quantitative estimate of drug-likeness (QED) is 0.323. The normalized spacial score (nSPS) is 10.1. The van der Waals surface area contributed by atoms with E-state index in [-0.39, 0.29) is 23.8 Å². The number of methoxy groups -OCH3 is 1. The van der Waals surface area contributed by atoms with E-state index in [1.165, 1.54) is 18.1 Å². The average molecular weight is 282 g/mol. The van der Waals surface area contributed by atoms with Gasteiger partial charge in [0, 0.05) is 20.7 Å². The van der Waals surface area contributed by atoms with Gasteiger partial charge in [0.15, 0.2) is 0 Å². The molecule has 0 aromatic heterocycles. The molecule has 1 aromatic rings. The van der Waals surface area contributed by atoms with E-state index in [4.69, 9.17) is 10.5 Å². The Bertz CT molecular complexity index is 492. The lowest BCUT2D eigenvalue weighted by Crippen LogP contribution is -2.36. The summed E-state index contributed by atoms with van der Waals surface area (Å²) in [5.74, 6) is -0.249. The molecule has 1 amide bonds. The molecule has 0 radical (unpaired) electrons. The Morgan fingerprint density at radius 2 is 2.25 bits per heavy atom. The highest BCUT2D eigenvalue weighted by molar-refractivity contribution is 5.84. The van der Waals surface area contributed by atoms with Gasteiger partial charge in [0.1, 0.15) is 11.4 Å². The molecule has 8 nitrogen and oxygen atoms in total. The Morgan fingerprint density at radius 3 is 2.85 bits per heavy atom. The highest BCUT2D eigenvalue weighted by Gasteiger charge is 2.21. The predicted octanol–water partition coefficient (Wildman–Crippen LogP) is 0.376. The number of hydrogen-bond acceptors (Lipinski definition) is 6. The molecule has 110 valence electrons. The minimum atomic E-state index is -0.552. The largest absolute Gasteiger partial charge is 0.393 e. The number of rotatable bonds is 7. The minimum Gasteiger partial charge on any atom is -0.393 e. The highest BCUT2D eigenvalue weighted by atomic mass is 16.6. The molecule has 0 bridgehead atoms. The molecule has 0 aliphatic heterocycles. The molecular formula is C12H18N4O4. The molecular weight excluding hydrogens is 264 g/mol. The second-order valence-electron chi connectivity index (χ2n) is 4.17. The van der Waals surface area contributed by atoms with Gasteiger partial charge in [-0.05, 0) is 12.1 Å². The molecule has 1 aromatic carbocycles. The third-order valence-corrected chi connectivity index (χ3v) is 2.65. The number of hydrogen-bond donors (Lipinski definition) is 2. The van der Waals surface area contributed by atoms with Gasteiger partial charge in [0.2, 0.25) is 5.91 Å². The van der Waals surface area contributed by atoms with Crippen LogP contribution in [0.2, 0.25) is 0 Å². The summed E-state index contributed by atoms with van der Waals surface area (Å²) in [4.78, 5) is 23.6. The SMILES string of the molecule is COCCNC(=O)CN(C)c1cccc(N)c1[N+](=O)[O-]. The Balaban J connectivity index is 2.77. The van der Waals surface area contributed by atoms with Gasteiger partial charge < -0.3 is 20.7 Å². The first-order valence-electron chi connectivity index (χ1n) is 5.97. The average Bonchev–Trinajstić information content (AvgIpc) is 2.38. The number of benzene rings is 1. The van der Waals surface area contributed by atoms with Crippen LogP contribution < -0.4 is 16.0 Å². The summed E-state index contributed by atoms with van der Waals surface area (Å²) in [6.07, 6.45) is 0. The molecule has 0 fully saturated rings. The smallest absolute Gasteiger partial charge is 0.315 e. The van der Waals surface area contributed by atoms with Crippen LogP contribution in [-0.2, 0) is 9.53 Å². The number of nitrogens with zero attached hydrogens (tertiary/aromatic N) is 2. The molecule has 0 spiro atoms. The number of nitro benzene ring substituents is 1. The van der Waals surface area contributed by atoms with E-state index in [2.05, 4.69) is 5.32 Å². The number of nitro groups is 1. The van der Waals surface area contributed by atoms with E-state index < -0.39 is 4.92 Å². The zero-order valence-electron chi connectivity index (χ0n) is 11.5. The number of nitrogens with one attached hydrogen (secondary N) is 1. The Labute approximate surface area is 116 Å². The van der Waals surface area contributed by atoms with Crippen molar-refractivity contribution in [1.82, 2.24) is 5.32 Å². The first-order chi connectivity index (χ1) is 9.47. The van der Waals surface area contributed by atoms with Gasteiger partial charge in [-0.1, -0.05) is 6.07 Å². The van der Waals surface area contributed by atoms with Crippen LogP contribution in [0.4, 0.5) is 17.1 Å². The van der Waals surface area contributed by atoms with E-state index in [9.17, 15) is 14.9 Å². The van der Waals surface area contributed by atoms with Gasteiger partial charge in [0.05, 0.1) is 18.1 Å². The molecule has 20 heavy (non-hydrogen) atoms. The fourth-order valence-electron chi connectivity index (χ4n) is 1.70. The fourth-order valence-corrected chi connectivity index (χ4v) is 1.70. The maximum Gasteiger partial charge on any atom is 0.315 e. The summed E-state index contributed by atoms with van der Waals surface area (Å²) in [5.41, 5.74) is 5.78. The number of ether oxygens (including phenoxy) is 1. The lowest BCUT2D eigenvalue weighted by molar-refractivity contribution is -0.383. The maximum atomic E-state index is 11.7. The number of carbonyl (C=O) groups excluding carboxylic acids is 1. The number of nitrogen functional groups attached to an aromatic ring is 1. The first kappa shape index (κ1) is 15.7. The Hall–Kier alpha value is -2.35. The van der Waals surface area contributed by atoms with Crippen molar-refractivity contribution >= 4 is 23.0 Å². The summed E-state index contributed by atoms with van der Waals surface area (Å²) >= 11 is 0. The van der Waals surface area contributed by atoms with E-state index in [1.54, 1.807) is 19.2 Å². The maximum absolute atomic E-state index is 11.7.